The second-order valence-electron chi connectivity index (χ2n) is 15.6. The Labute approximate surface area is 319 Å². The Kier molecular flexibility index (Phi) is 5.99. The van der Waals surface area contributed by atoms with Crippen LogP contribution in [0.1, 0.15) is 47.2 Å². The van der Waals surface area contributed by atoms with Gasteiger partial charge in [-0.3, -0.25) is 0 Å². The molecule has 0 fully saturated rings. The van der Waals surface area contributed by atoms with Gasteiger partial charge in [0.05, 0.1) is 15.8 Å². The molecule has 54 heavy (non-hydrogen) atoms. The summed E-state index contributed by atoms with van der Waals surface area (Å²) in [5.74, 6) is 0. The molecule has 3 aliphatic carbocycles. The van der Waals surface area contributed by atoms with Crippen molar-refractivity contribution in [3.63, 3.8) is 0 Å². The Morgan fingerprint density at radius 3 is 1.57 bits per heavy atom. The lowest BCUT2D eigenvalue weighted by molar-refractivity contribution is 0.660. The van der Waals surface area contributed by atoms with Gasteiger partial charge >= 0.3 is 0 Å². The molecule has 0 radical (unpaired) electrons. The van der Waals surface area contributed by atoms with E-state index in [1.807, 2.05) is 11.3 Å². The van der Waals surface area contributed by atoms with Crippen molar-refractivity contribution in [2.75, 3.05) is 4.90 Å². The minimum absolute atomic E-state index is 0.0598. The van der Waals surface area contributed by atoms with Gasteiger partial charge in [-0.1, -0.05) is 153 Å². The van der Waals surface area contributed by atoms with Crippen LogP contribution in [0.3, 0.4) is 0 Å². The molecule has 12 rings (SSSR count). The molecule has 9 aromatic rings. The fraction of sp³-hybridized carbons (Fsp3) is 0.0769. The Bertz CT molecular complexity index is 2990. The van der Waals surface area contributed by atoms with Crippen LogP contribution in [0.15, 0.2) is 176 Å². The molecule has 1 aromatic heterocycles. The largest absolute Gasteiger partial charge is 0.309 e. The zero-order chi connectivity index (χ0) is 35.8. The Balaban J connectivity index is 1.16. The molecular weight excluding hydrogens is 671 g/mol. The van der Waals surface area contributed by atoms with Crippen LogP contribution in [0.25, 0.3) is 53.6 Å². The summed E-state index contributed by atoms with van der Waals surface area (Å²) in [5, 5.41) is 2.61. The summed E-state index contributed by atoms with van der Waals surface area (Å²) in [7, 11) is 0. The first-order valence-electron chi connectivity index (χ1n) is 18.9. The van der Waals surface area contributed by atoms with Crippen LogP contribution in [-0.2, 0) is 10.8 Å². The van der Waals surface area contributed by atoms with Gasteiger partial charge in [-0.15, -0.1) is 11.3 Å². The van der Waals surface area contributed by atoms with Gasteiger partial charge in [-0.2, -0.15) is 0 Å². The average Bonchev–Trinajstić information content (AvgIpc) is 3.91. The van der Waals surface area contributed by atoms with E-state index in [1.54, 1.807) is 0 Å². The maximum Gasteiger partial charge on any atom is 0.0726 e. The van der Waals surface area contributed by atoms with Crippen LogP contribution in [0.2, 0.25) is 0 Å². The molecule has 0 bridgehead atoms. The van der Waals surface area contributed by atoms with E-state index in [1.165, 1.54) is 104 Å². The van der Waals surface area contributed by atoms with Crippen LogP contribution in [0.5, 0.6) is 0 Å². The van der Waals surface area contributed by atoms with Crippen molar-refractivity contribution >= 4 is 48.6 Å². The zero-order valence-corrected chi connectivity index (χ0v) is 30.9. The van der Waals surface area contributed by atoms with Crippen molar-refractivity contribution < 1.29 is 0 Å². The number of hydrogen-bond acceptors (Lipinski definition) is 2. The lowest BCUT2D eigenvalue weighted by atomic mass is 9.70. The topological polar surface area (TPSA) is 3.24 Å². The minimum Gasteiger partial charge on any atom is -0.309 e. The van der Waals surface area contributed by atoms with Gasteiger partial charge in [0.1, 0.15) is 0 Å². The quantitative estimate of drug-likeness (QED) is 0.177. The molecule has 0 saturated heterocycles. The van der Waals surface area contributed by atoms with Crippen LogP contribution < -0.4 is 4.90 Å². The molecule has 1 nitrogen and oxygen atoms in total. The van der Waals surface area contributed by atoms with Crippen LogP contribution in [-0.4, -0.2) is 0 Å². The number of rotatable bonds is 3. The Hall–Kier alpha value is -6.22. The van der Waals surface area contributed by atoms with Gasteiger partial charge in [0.25, 0.3) is 0 Å². The predicted molar refractivity (Wildman–Crippen MR) is 228 cm³/mol. The van der Waals surface area contributed by atoms with E-state index < -0.39 is 5.41 Å². The smallest absolute Gasteiger partial charge is 0.0726 e. The summed E-state index contributed by atoms with van der Waals surface area (Å²) in [5.41, 5.74) is 19.2. The minimum atomic E-state index is -0.411. The SMILES string of the molecule is CC1(C)c2ccccc2-c2cc(N(c3ccc4c(c3)C3(c5ccccc5-c5ccccc53)c3ccccc3-4)c3cccc4c3sc3ccccc34)ccc21. The lowest BCUT2D eigenvalue weighted by Gasteiger charge is -2.32. The molecule has 254 valence electrons. The highest BCUT2D eigenvalue weighted by molar-refractivity contribution is 7.26. The second-order valence-corrected chi connectivity index (χ2v) is 16.7. The van der Waals surface area contributed by atoms with Gasteiger partial charge < -0.3 is 4.90 Å². The van der Waals surface area contributed by atoms with Crippen molar-refractivity contribution in [2.45, 2.75) is 24.7 Å². The molecule has 1 heterocycles. The summed E-state index contributed by atoms with van der Waals surface area (Å²) in [6.07, 6.45) is 0. The maximum atomic E-state index is 2.54. The highest BCUT2D eigenvalue weighted by Crippen LogP contribution is 2.63. The Morgan fingerprint density at radius 1 is 0.389 bits per heavy atom. The predicted octanol–water partition coefficient (Wildman–Crippen LogP) is 14.2. The highest BCUT2D eigenvalue weighted by Gasteiger charge is 2.51. The normalized spacial score (nSPS) is 14.8. The van der Waals surface area contributed by atoms with Crippen LogP contribution >= 0.6 is 11.3 Å². The van der Waals surface area contributed by atoms with Gasteiger partial charge in [0.15, 0.2) is 0 Å². The van der Waals surface area contributed by atoms with Crippen molar-refractivity contribution in [3.8, 4) is 33.4 Å². The third-order valence-corrected chi connectivity index (χ3v) is 13.9. The summed E-state index contributed by atoms with van der Waals surface area (Å²) in [6.45, 7) is 4.73. The Morgan fingerprint density at radius 2 is 0.889 bits per heavy atom. The second kappa shape index (κ2) is 10.7. The molecule has 1 spiro atoms. The number of anilines is 3. The van der Waals surface area contributed by atoms with E-state index in [4.69, 9.17) is 0 Å². The zero-order valence-electron chi connectivity index (χ0n) is 30.1. The number of nitrogens with zero attached hydrogens (tertiary/aromatic N) is 1. The molecule has 0 N–H and O–H groups in total. The van der Waals surface area contributed by atoms with Gasteiger partial charge in [0.2, 0.25) is 0 Å². The molecule has 2 heteroatoms. The summed E-state index contributed by atoms with van der Waals surface area (Å²) in [4.78, 5) is 2.54. The summed E-state index contributed by atoms with van der Waals surface area (Å²) in [6, 6.07) is 66.4. The van der Waals surface area contributed by atoms with Gasteiger partial charge in [0, 0.05) is 32.3 Å². The van der Waals surface area contributed by atoms with Crippen molar-refractivity contribution in [1.29, 1.82) is 0 Å². The molecule has 3 aliphatic rings. The van der Waals surface area contributed by atoms with E-state index in [9.17, 15) is 0 Å². The van der Waals surface area contributed by atoms with Crippen LogP contribution in [0, 0.1) is 0 Å². The highest BCUT2D eigenvalue weighted by atomic mass is 32.1. The first-order chi connectivity index (χ1) is 26.5. The van der Waals surface area contributed by atoms with Crippen molar-refractivity contribution in [1.82, 2.24) is 0 Å². The number of thiophene rings is 1. The monoisotopic (exact) mass is 705 g/mol. The number of benzene rings is 8. The third kappa shape index (κ3) is 3.73. The maximum absolute atomic E-state index is 2.54. The number of hydrogen-bond donors (Lipinski definition) is 0. The van der Waals surface area contributed by atoms with E-state index >= 15 is 0 Å². The average molecular weight is 706 g/mol. The van der Waals surface area contributed by atoms with Crippen LogP contribution in [0.4, 0.5) is 17.1 Å². The van der Waals surface area contributed by atoms with E-state index in [-0.39, 0.29) is 5.41 Å². The standard InChI is InChI=1S/C52H35NS/c1-51(2)42-20-8-3-17-37(42)41-30-32(27-29-43(41)51)53(48-24-13-19-40-39-18-7-12-25-49(39)54-50(40)48)33-26-28-38-36-16-6-11-23-46(36)52(47(38)31-33)44-21-9-4-14-34(44)35-15-5-10-22-45(35)52/h3-31H,1-2H3. The van der Waals surface area contributed by atoms with E-state index in [2.05, 4.69) is 195 Å². The molecule has 0 unspecified atom stereocenters. The van der Waals surface area contributed by atoms with Gasteiger partial charge in [-0.05, 0) is 103 Å². The third-order valence-electron chi connectivity index (χ3n) is 12.7. The fourth-order valence-electron chi connectivity index (χ4n) is 10.4. The summed E-state index contributed by atoms with van der Waals surface area (Å²) < 4.78 is 2.61. The molecule has 0 atom stereocenters. The van der Waals surface area contributed by atoms with Crippen molar-refractivity contribution in [2.24, 2.45) is 0 Å². The summed E-state index contributed by atoms with van der Waals surface area (Å²) >= 11 is 1.89. The molecule has 0 saturated carbocycles. The first-order valence-corrected chi connectivity index (χ1v) is 19.8. The lowest BCUT2D eigenvalue weighted by Crippen LogP contribution is -2.26. The van der Waals surface area contributed by atoms with E-state index in [0.29, 0.717) is 0 Å². The van der Waals surface area contributed by atoms with Gasteiger partial charge in [-0.25, -0.2) is 0 Å². The molecule has 8 aromatic carbocycles. The molecular formula is C52H35NS. The van der Waals surface area contributed by atoms with Crippen molar-refractivity contribution in [3.05, 3.63) is 209 Å². The number of fused-ring (bicyclic) bond motifs is 16. The fourth-order valence-corrected chi connectivity index (χ4v) is 11.6. The molecule has 0 aliphatic heterocycles. The molecule has 0 amide bonds. The van der Waals surface area contributed by atoms with E-state index in [0.717, 1.165) is 0 Å². The first kappa shape index (κ1) is 30.3.